The van der Waals surface area contributed by atoms with Gasteiger partial charge in [-0.05, 0) is 46.3 Å². The Morgan fingerprint density at radius 2 is 2.00 bits per heavy atom. The molecule has 1 heterocycles. The van der Waals surface area contributed by atoms with Gasteiger partial charge in [-0.1, -0.05) is 6.07 Å². The summed E-state index contributed by atoms with van der Waals surface area (Å²) >= 11 is 3.25. The first kappa shape index (κ1) is 14.3. The molecule has 2 rings (SSSR count). The summed E-state index contributed by atoms with van der Waals surface area (Å²) in [7, 11) is 3.05. The van der Waals surface area contributed by atoms with E-state index in [4.69, 9.17) is 9.47 Å². The van der Waals surface area contributed by atoms with Gasteiger partial charge in [-0.3, -0.25) is 4.79 Å². The monoisotopic (exact) mass is 336 g/mol. The van der Waals surface area contributed by atoms with E-state index in [1.54, 1.807) is 43.5 Å². The van der Waals surface area contributed by atoms with Crippen LogP contribution in [0.1, 0.15) is 10.4 Å². The Bertz CT molecular complexity index is 632. The molecular weight excluding hydrogens is 324 g/mol. The number of methoxy groups -OCH3 is 2. The molecule has 0 bridgehead atoms. The zero-order valence-corrected chi connectivity index (χ0v) is 12.6. The fraction of sp³-hybridized carbons (Fsp3) is 0.143. The van der Waals surface area contributed by atoms with Crippen LogP contribution in [0.4, 0.5) is 5.82 Å². The average molecular weight is 337 g/mol. The lowest BCUT2D eigenvalue weighted by atomic mass is 10.1. The van der Waals surface area contributed by atoms with E-state index in [1.165, 1.54) is 7.11 Å². The number of carbonyl (C=O) groups excluding carboxylic acids is 1. The van der Waals surface area contributed by atoms with Gasteiger partial charge in [0.1, 0.15) is 21.9 Å². The van der Waals surface area contributed by atoms with E-state index in [0.29, 0.717) is 27.5 Å². The van der Waals surface area contributed by atoms with Crippen molar-refractivity contribution in [1.29, 1.82) is 0 Å². The Morgan fingerprint density at radius 3 is 2.65 bits per heavy atom. The first-order valence-electron chi connectivity index (χ1n) is 5.80. The maximum absolute atomic E-state index is 12.3. The Hall–Kier alpha value is -2.08. The van der Waals surface area contributed by atoms with Crippen molar-refractivity contribution >= 4 is 27.7 Å². The number of amides is 1. The van der Waals surface area contributed by atoms with Crippen LogP contribution < -0.4 is 14.8 Å². The van der Waals surface area contributed by atoms with Crippen molar-refractivity contribution in [1.82, 2.24) is 4.98 Å². The topological polar surface area (TPSA) is 60.5 Å². The molecule has 2 aromatic rings. The Morgan fingerprint density at radius 1 is 1.20 bits per heavy atom. The molecular formula is C14H13BrN2O3. The van der Waals surface area contributed by atoms with Crippen LogP contribution >= 0.6 is 15.9 Å². The summed E-state index contributed by atoms with van der Waals surface area (Å²) in [5, 5.41) is 2.71. The Balaban J connectivity index is 2.28. The molecule has 20 heavy (non-hydrogen) atoms. The SMILES string of the molecule is COc1ccc(OC)c(C(=O)Nc2cccc(Br)n2)c1. The van der Waals surface area contributed by atoms with E-state index < -0.39 is 0 Å². The van der Waals surface area contributed by atoms with Gasteiger partial charge in [-0.2, -0.15) is 0 Å². The molecule has 1 aromatic heterocycles. The lowest BCUT2D eigenvalue weighted by Crippen LogP contribution is -2.14. The molecule has 1 aromatic carbocycles. The molecule has 0 atom stereocenters. The van der Waals surface area contributed by atoms with Crippen LogP contribution in [0.3, 0.4) is 0 Å². The van der Waals surface area contributed by atoms with Gasteiger partial charge >= 0.3 is 0 Å². The largest absolute Gasteiger partial charge is 0.497 e. The van der Waals surface area contributed by atoms with Crippen LogP contribution in [0.25, 0.3) is 0 Å². The third kappa shape index (κ3) is 3.27. The summed E-state index contributed by atoms with van der Waals surface area (Å²) in [4.78, 5) is 16.4. The third-order valence-corrected chi connectivity index (χ3v) is 3.05. The molecule has 0 saturated carbocycles. The second kappa shape index (κ2) is 6.38. The number of rotatable bonds is 4. The second-order valence-corrected chi connectivity index (χ2v) is 4.68. The number of ether oxygens (including phenoxy) is 2. The highest BCUT2D eigenvalue weighted by molar-refractivity contribution is 9.10. The first-order chi connectivity index (χ1) is 9.63. The van der Waals surface area contributed by atoms with Crippen LogP contribution in [0.15, 0.2) is 41.0 Å². The van der Waals surface area contributed by atoms with Gasteiger partial charge < -0.3 is 14.8 Å². The van der Waals surface area contributed by atoms with Crippen LogP contribution in [0, 0.1) is 0 Å². The lowest BCUT2D eigenvalue weighted by molar-refractivity contribution is 0.102. The highest BCUT2D eigenvalue weighted by atomic mass is 79.9. The van der Waals surface area contributed by atoms with Gasteiger partial charge in [0, 0.05) is 0 Å². The van der Waals surface area contributed by atoms with Crippen molar-refractivity contribution in [3.05, 3.63) is 46.6 Å². The lowest BCUT2D eigenvalue weighted by Gasteiger charge is -2.10. The predicted octanol–water partition coefficient (Wildman–Crippen LogP) is 3.11. The fourth-order valence-electron chi connectivity index (χ4n) is 1.65. The number of nitrogens with one attached hydrogen (secondary N) is 1. The van der Waals surface area contributed by atoms with Gasteiger partial charge in [0.15, 0.2) is 0 Å². The molecule has 104 valence electrons. The number of pyridine rings is 1. The van der Waals surface area contributed by atoms with Crippen molar-refractivity contribution < 1.29 is 14.3 Å². The van der Waals surface area contributed by atoms with Crippen molar-refractivity contribution in [2.24, 2.45) is 0 Å². The van der Waals surface area contributed by atoms with Crippen LogP contribution in [-0.2, 0) is 0 Å². The molecule has 0 aliphatic rings. The summed E-state index contributed by atoms with van der Waals surface area (Å²) in [6, 6.07) is 10.3. The zero-order valence-electron chi connectivity index (χ0n) is 11.0. The van der Waals surface area contributed by atoms with Gasteiger partial charge in [0.2, 0.25) is 0 Å². The van der Waals surface area contributed by atoms with E-state index in [1.807, 2.05) is 0 Å². The number of carbonyl (C=O) groups is 1. The summed E-state index contributed by atoms with van der Waals surface area (Å²) in [6.45, 7) is 0. The highest BCUT2D eigenvalue weighted by Crippen LogP contribution is 2.24. The third-order valence-electron chi connectivity index (χ3n) is 2.61. The molecule has 0 aliphatic carbocycles. The second-order valence-electron chi connectivity index (χ2n) is 3.87. The Labute approximate surface area is 125 Å². The van der Waals surface area contributed by atoms with E-state index in [9.17, 15) is 4.79 Å². The van der Waals surface area contributed by atoms with Gasteiger partial charge in [0.05, 0.1) is 19.8 Å². The zero-order chi connectivity index (χ0) is 14.5. The van der Waals surface area contributed by atoms with Gasteiger partial charge in [0.25, 0.3) is 5.91 Å². The molecule has 0 spiro atoms. The number of hydrogen-bond donors (Lipinski definition) is 1. The number of nitrogens with zero attached hydrogens (tertiary/aromatic N) is 1. The maximum Gasteiger partial charge on any atom is 0.260 e. The van der Waals surface area contributed by atoms with Crippen molar-refractivity contribution in [3.8, 4) is 11.5 Å². The van der Waals surface area contributed by atoms with Crippen molar-refractivity contribution in [2.75, 3.05) is 19.5 Å². The summed E-state index contributed by atoms with van der Waals surface area (Å²) < 4.78 is 10.9. The smallest absolute Gasteiger partial charge is 0.260 e. The number of hydrogen-bond acceptors (Lipinski definition) is 4. The molecule has 1 N–H and O–H groups in total. The molecule has 0 radical (unpaired) electrons. The van der Waals surface area contributed by atoms with Crippen LogP contribution in [-0.4, -0.2) is 25.1 Å². The minimum atomic E-state index is -0.314. The van der Waals surface area contributed by atoms with Crippen LogP contribution in [0.5, 0.6) is 11.5 Å². The normalized spacial score (nSPS) is 9.95. The van der Waals surface area contributed by atoms with E-state index in [2.05, 4.69) is 26.2 Å². The molecule has 0 fully saturated rings. The van der Waals surface area contributed by atoms with E-state index >= 15 is 0 Å². The first-order valence-corrected chi connectivity index (χ1v) is 6.59. The van der Waals surface area contributed by atoms with Gasteiger partial charge in [-0.25, -0.2) is 4.98 Å². The molecule has 5 nitrogen and oxygen atoms in total. The number of halogens is 1. The number of aromatic nitrogens is 1. The number of benzene rings is 1. The van der Waals surface area contributed by atoms with Crippen LogP contribution in [0.2, 0.25) is 0 Å². The fourth-order valence-corrected chi connectivity index (χ4v) is 2.00. The number of anilines is 1. The molecule has 0 aliphatic heterocycles. The highest BCUT2D eigenvalue weighted by Gasteiger charge is 2.14. The summed E-state index contributed by atoms with van der Waals surface area (Å²) in [5.74, 6) is 1.19. The maximum atomic E-state index is 12.3. The Kier molecular flexibility index (Phi) is 4.57. The van der Waals surface area contributed by atoms with Gasteiger partial charge in [-0.15, -0.1) is 0 Å². The van der Waals surface area contributed by atoms with E-state index in [0.717, 1.165) is 0 Å². The quantitative estimate of drug-likeness (QED) is 0.871. The molecule has 6 heteroatoms. The summed E-state index contributed by atoms with van der Waals surface area (Å²) in [5.41, 5.74) is 0.383. The minimum absolute atomic E-state index is 0.314. The average Bonchev–Trinajstić information content (AvgIpc) is 2.46. The standard InChI is InChI=1S/C14H13BrN2O3/c1-19-9-6-7-11(20-2)10(8-9)14(18)17-13-5-3-4-12(15)16-13/h3-8H,1-2H3,(H,16,17,18). The predicted molar refractivity (Wildman–Crippen MR) is 79.4 cm³/mol. The molecule has 0 unspecified atom stereocenters. The molecule has 0 saturated heterocycles. The van der Waals surface area contributed by atoms with E-state index in [-0.39, 0.29) is 5.91 Å². The molecule has 1 amide bonds. The van der Waals surface area contributed by atoms with Crippen molar-refractivity contribution in [2.45, 2.75) is 0 Å². The van der Waals surface area contributed by atoms with Crippen molar-refractivity contribution in [3.63, 3.8) is 0 Å². The summed E-state index contributed by atoms with van der Waals surface area (Å²) in [6.07, 6.45) is 0. The minimum Gasteiger partial charge on any atom is -0.497 e.